The lowest BCUT2D eigenvalue weighted by Crippen LogP contribution is -1.88. The molecule has 2 heterocycles. The Morgan fingerprint density at radius 2 is 1.96 bits per heavy atom. The fourth-order valence-electron chi connectivity index (χ4n) is 3.21. The fourth-order valence-corrected chi connectivity index (χ4v) is 3.21. The molecule has 23 heavy (non-hydrogen) atoms. The van der Waals surface area contributed by atoms with E-state index in [1.165, 1.54) is 16.5 Å². The molecule has 4 aromatic rings. The molecule has 0 saturated heterocycles. The van der Waals surface area contributed by atoms with Gasteiger partial charge < -0.3 is 9.55 Å². The molecule has 114 valence electrons. The predicted octanol–water partition coefficient (Wildman–Crippen LogP) is 4.16. The van der Waals surface area contributed by atoms with Crippen molar-refractivity contribution in [3.8, 4) is 0 Å². The molecule has 4 rings (SSSR count). The van der Waals surface area contributed by atoms with E-state index in [-0.39, 0.29) is 10.6 Å². The average molecular weight is 305 g/mol. The number of nitrogens with one attached hydrogen (secondary N) is 1. The highest BCUT2D eigenvalue weighted by Gasteiger charge is 2.12. The number of nitro groups is 1. The number of para-hydroxylation sites is 1. The third-order valence-corrected chi connectivity index (χ3v) is 4.32. The van der Waals surface area contributed by atoms with Crippen molar-refractivity contribution in [2.45, 2.75) is 6.42 Å². The Bertz CT molecular complexity index is 1040. The number of hydrogen-bond donors (Lipinski definition) is 1. The van der Waals surface area contributed by atoms with Crippen LogP contribution >= 0.6 is 0 Å². The average Bonchev–Trinajstić information content (AvgIpc) is 3.10. The summed E-state index contributed by atoms with van der Waals surface area (Å²) >= 11 is 0. The SMILES string of the molecule is Cn1cc(Cc2c[nH]c3cc([N+](=O)[O-])ccc23)c2ccccc21. The summed E-state index contributed by atoms with van der Waals surface area (Å²) in [4.78, 5) is 13.7. The van der Waals surface area contributed by atoms with Crippen LogP contribution < -0.4 is 0 Å². The molecule has 0 aliphatic carbocycles. The number of aromatic amines is 1. The number of nitrogens with zero attached hydrogens (tertiary/aromatic N) is 2. The number of nitro benzene ring substituents is 1. The standard InChI is InChI=1S/C18H15N3O2/c1-20-11-13(16-4-2-3-5-18(16)20)8-12-10-19-17-9-14(21(22)23)6-7-15(12)17/h2-7,9-11,19H,8H2,1H3. The summed E-state index contributed by atoms with van der Waals surface area (Å²) in [6.07, 6.45) is 4.88. The van der Waals surface area contributed by atoms with Gasteiger partial charge in [0.2, 0.25) is 0 Å². The summed E-state index contributed by atoms with van der Waals surface area (Å²) < 4.78 is 2.13. The van der Waals surface area contributed by atoms with Gasteiger partial charge in [0, 0.05) is 54.3 Å². The van der Waals surface area contributed by atoms with Crippen molar-refractivity contribution in [2.75, 3.05) is 0 Å². The van der Waals surface area contributed by atoms with E-state index in [0.29, 0.717) is 0 Å². The van der Waals surface area contributed by atoms with Crippen LogP contribution in [0, 0.1) is 10.1 Å². The summed E-state index contributed by atoms with van der Waals surface area (Å²) in [7, 11) is 2.05. The van der Waals surface area contributed by atoms with Crippen LogP contribution in [0.25, 0.3) is 21.8 Å². The van der Waals surface area contributed by atoms with Crippen molar-refractivity contribution in [1.82, 2.24) is 9.55 Å². The van der Waals surface area contributed by atoms with E-state index in [1.54, 1.807) is 12.1 Å². The van der Waals surface area contributed by atoms with Crippen molar-refractivity contribution >= 4 is 27.5 Å². The number of rotatable bonds is 3. The molecule has 0 saturated carbocycles. The van der Waals surface area contributed by atoms with E-state index in [0.717, 1.165) is 22.9 Å². The number of benzene rings is 2. The quantitative estimate of drug-likeness (QED) is 0.456. The molecule has 1 N–H and O–H groups in total. The van der Waals surface area contributed by atoms with E-state index in [9.17, 15) is 10.1 Å². The molecule has 0 radical (unpaired) electrons. The number of aromatic nitrogens is 2. The number of non-ortho nitro benzene ring substituents is 1. The first-order valence-corrected chi connectivity index (χ1v) is 7.41. The van der Waals surface area contributed by atoms with E-state index < -0.39 is 0 Å². The van der Waals surface area contributed by atoms with Gasteiger partial charge in [0.05, 0.1) is 10.4 Å². The first-order valence-electron chi connectivity index (χ1n) is 7.41. The van der Waals surface area contributed by atoms with Gasteiger partial charge in [-0.05, 0) is 23.3 Å². The van der Waals surface area contributed by atoms with E-state index in [2.05, 4.69) is 27.9 Å². The first kappa shape index (κ1) is 13.6. The zero-order valence-electron chi connectivity index (χ0n) is 12.6. The normalized spacial score (nSPS) is 11.3. The van der Waals surface area contributed by atoms with Gasteiger partial charge in [-0.2, -0.15) is 0 Å². The highest BCUT2D eigenvalue weighted by atomic mass is 16.6. The Labute approximate surface area is 132 Å². The van der Waals surface area contributed by atoms with Crippen LogP contribution in [-0.4, -0.2) is 14.5 Å². The van der Waals surface area contributed by atoms with Gasteiger partial charge in [-0.3, -0.25) is 10.1 Å². The molecule has 0 spiro atoms. The molecule has 0 fully saturated rings. The lowest BCUT2D eigenvalue weighted by Gasteiger charge is -1.99. The van der Waals surface area contributed by atoms with Gasteiger partial charge in [0.15, 0.2) is 0 Å². The molecule has 0 aliphatic heterocycles. The molecule has 0 amide bonds. The predicted molar refractivity (Wildman–Crippen MR) is 90.7 cm³/mol. The van der Waals surface area contributed by atoms with Crippen molar-refractivity contribution < 1.29 is 4.92 Å². The second-order valence-electron chi connectivity index (χ2n) is 5.76. The van der Waals surface area contributed by atoms with Gasteiger partial charge in [0.25, 0.3) is 5.69 Å². The Hall–Kier alpha value is -3.08. The summed E-state index contributed by atoms with van der Waals surface area (Å²) in [6, 6.07) is 13.3. The molecule has 5 nitrogen and oxygen atoms in total. The largest absolute Gasteiger partial charge is 0.361 e. The fraction of sp³-hybridized carbons (Fsp3) is 0.111. The monoisotopic (exact) mass is 305 g/mol. The number of hydrogen-bond acceptors (Lipinski definition) is 2. The number of aryl methyl sites for hydroxylation is 1. The second kappa shape index (κ2) is 4.98. The Balaban J connectivity index is 1.79. The maximum Gasteiger partial charge on any atom is 0.271 e. The first-order chi connectivity index (χ1) is 11.1. The second-order valence-corrected chi connectivity index (χ2v) is 5.76. The van der Waals surface area contributed by atoms with Crippen LogP contribution in [0.5, 0.6) is 0 Å². The van der Waals surface area contributed by atoms with E-state index in [4.69, 9.17) is 0 Å². The molecule has 0 aliphatic rings. The van der Waals surface area contributed by atoms with E-state index >= 15 is 0 Å². The van der Waals surface area contributed by atoms with Crippen molar-refractivity contribution in [2.24, 2.45) is 7.05 Å². The molecule has 0 unspecified atom stereocenters. The van der Waals surface area contributed by atoms with Crippen LogP contribution in [0.3, 0.4) is 0 Å². The lowest BCUT2D eigenvalue weighted by molar-refractivity contribution is -0.384. The maximum atomic E-state index is 10.9. The molecular formula is C18H15N3O2. The van der Waals surface area contributed by atoms with Crippen molar-refractivity contribution in [3.05, 3.63) is 76.1 Å². The summed E-state index contributed by atoms with van der Waals surface area (Å²) in [6.45, 7) is 0. The van der Waals surface area contributed by atoms with Gasteiger partial charge >= 0.3 is 0 Å². The van der Waals surface area contributed by atoms with Crippen molar-refractivity contribution in [1.29, 1.82) is 0 Å². The third-order valence-electron chi connectivity index (χ3n) is 4.32. The van der Waals surface area contributed by atoms with Crippen LogP contribution in [0.4, 0.5) is 5.69 Å². The molecule has 2 aromatic carbocycles. The van der Waals surface area contributed by atoms with Crippen LogP contribution in [-0.2, 0) is 13.5 Å². The maximum absolute atomic E-state index is 10.9. The lowest BCUT2D eigenvalue weighted by atomic mass is 10.0. The van der Waals surface area contributed by atoms with Crippen LogP contribution in [0.15, 0.2) is 54.9 Å². The van der Waals surface area contributed by atoms with Crippen molar-refractivity contribution in [3.63, 3.8) is 0 Å². The van der Waals surface area contributed by atoms with Gasteiger partial charge in [0.1, 0.15) is 0 Å². The summed E-state index contributed by atoms with van der Waals surface area (Å²) in [5.41, 5.74) is 4.51. The minimum atomic E-state index is -0.370. The molecule has 0 bridgehead atoms. The Morgan fingerprint density at radius 3 is 2.78 bits per heavy atom. The van der Waals surface area contributed by atoms with Gasteiger partial charge in [-0.1, -0.05) is 18.2 Å². The Morgan fingerprint density at radius 1 is 1.13 bits per heavy atom. The Kier molecular flexibility index (Phi) is 2.94. The number of fused-ring (bicyclic) bond motifs is 2. The molecule has 0 atom stereocenters. The minimum absolute atomic E-state index is 0.107. The third kappa shape index (κ3) is 2.17. The molecule has 5 heteroatoms. The van der Waals surface area contributed by atoms with Gasteiger partial charge in [-0.25, -0.2) is 0 Å². The number of H-pyrrole nitrogens is 1. The minimum Gasteiger partial charge on any atom is -0.361 e. The highest BCUT2D eigenvalue weighted by molar-refractivity contribution is 5.88. The van der Waals surface area contributed by atoms with Gasteiger partial charge in [-0.15, -0.1) is 0 Å². The van der Waals surface area contributed by atoms with Crippen LogP contribution in [0.1, 0.15) is 11.1 Å². The van der Waals surface area contributed by atoms with E-state index in [1.807, 2.05) is 31.4 Å². The van der Waals surface area contributed by atoms with Crippen LogP contribution in [0.2, 0.25) is 0 Å². The topological polar surface area (TPSA) is 63.9 Å². The molecular weight excluding hydrogens is 290 g/mol. The highest BCUT2D eigenvalue weighted by Crippen LogP contribution is 2.28. The molecule has 2 aromatic heterocycles. The zero-order chi connectivity index (χ0) is 16.0. The summed E-state index contributed by atoms with van der Waals surface area (Å²) in [5.74, 6) is 0. The smallest absolute Gasteiger partial charge is 0.271 e. The summed E-state index contributed by atoms with van der Waals surface area (Å²) in [5, 5.41) is 13.2. The zero-order valence-corrected chi connectivity index (χ0v) is 12.6.